The molecule has 158 valence electrons. The van der Waals surface area contributed by atoms with Gasteiger partial charge in [0, 0.05) is 6.54 Å². The van der Waals surface area contributed by atoms with Gasteiger partial charge in [-0.05, 0) is 68.2 Å². The Morgan fingerprint density at radius 3 is 2.31 bits per heavy atom. The molecule has 0 amide bonds. The van der Waals surface area contributed by atoms with Gasteiger partial charge in [-0.3, -0.25) is 4.31 Å². The molecule has 1 saturated heterocycles. The molecule has 1 aliphatic heterocycles. The van der Waals surface area contributed by atoms with Crippen LogP contribution in [0.25, 0.3) is 0 Å². The second-order valence-corrected chi connectivity index (χ2v) is 9.55. The first kappa shape index (κ1) is 21.6. The van der Waals surface area contributed by atoms with Gasteiger partial charge in [0.15, 0.2) is 0 Å². The van der Waals surface area contributed by atoms with Crippen LogP contribution in [0.4, 0.5) is 5.69 Å². The minimum Gasteiger partial charge on any atom is -0.497 e. The molecule has 0 radical (unpaired) electrons. The number of sulfonamides is 1. The van der Waals surface area contributed by atoms with Crippen molar-refractivity contribution in [2.24, 2.45) is 5.92 Å². The van der Waals surface area contributed by atoms with Crippen LogP contribution in [0.1, 0.15) is 19.8 Å². The van der Waals surface area contributed by atoms with Gasteiger partial charge in [-0.1, -0.05) is 25.1 Å². The number of methoxy groups -OCH3 is 1. The summed E-state index contributed by atoms with van der Waals surface area (Å²) in [6, 6.07) is 15.2. The largest absolute Gasteiger partial charge is 0.497 e. The number of hydrogen-bond donors (Lipinski definition) is 1. The number of benzene rings is 2. The summed E-state index contributed by atoms with van der Waals surface area (Å²) in [6.45, 7) is 4.57. The Labute approximate surface area is 173 Å². The molecule has 0 spiro atoms. The third-order valence-corrected chi connectivity index (χ3v) is 7.22. The van der Waals surface area contributed by atoms with Crippen LogP contribution in [-0.2, 0) is 10.0 Å². The Morgan fingerprint density at radius 2 is 1.72 bits per heavy atom. The zero-order chi connectivity index (χ0) is 20.9. The second kappa shape index (κ2) is 9.61. The molecule has 3 rings (SSSR count). The fraction of sp³-hybridized carbons (Fsp3) is 0.455. The first-order valence-corrected chi connectivity index (χ1v) is 11.5. The van der Waals surface area contributed by atoms with Crippen LogP contribution in [0, 0.1) is 5.92 Å². The molecule has 2 aromatic carbocycles. The highest BCUT2D eigenvalue weighted by molar-refractivity contribution is 7.92. The van der Waals surface area contributed by atoms with E-state index in [-0.39, 0.29) is 11.4 Å². The van der Waals surface area contributed by atoms with Crippen LogP contribution in [0.5, 0.6) is 5.75 Å². The maximum absolute atomic E-state index is 13.3. The summed E-state index contributed by atoms with van der Waals surface area (Å²) in [5, 5.41) is 10.7. The number of anilines is 1. The lowest BCUT2D eigenvalue weighted by molar-refractivity contribution is 0.0971. The van der Waals surface area contributed by atoms with E-state index in [1.54, 1.807) is 61.7 Å². The summed E-state index contributed by atoms with van der Waals surface area (Å²) in [4.78, 5) is 2.42. The van der Waals surface area contributed by atoms with Crippen molar-refractivity contribution in [3.05, 3.63) is 54.6 Å². The third kappa shape index (κ3) is 5.50. The molecule has 6 nitrogen and oxygen atoms in total. The number of piperidine rings is 1. The molecule has 0 bridgehead atoms. The van der Waals surface area contributed by atoms with E-state index in [0.29, 0.717) is 23.9 Å². The van der Waals surface area contributed by atoms with E-state index in [9.17, 15) is 13.5 Å². The summed E-state index contributed by atoms with van der Waals surface area (Å²) in [5.74, 6) is 1.35. The number of aliphatic hydroxyl groups excluding tert-OH is 1. The average molecular weight is 419 g/mol. The molecular weight excluding hydrogens is 388 g/mol. The molecule has 2 aromatic rings. The molecule has 1 heterocycles. The predicted octanol–water partition coefficient (Wildman–Crippen LogP) is 2.98. The SMILES string of the molecule is COc1ccc(N(C[C@H](O)CN2CCC(C)CC2)S(=O)(=O)c2ccccc2)cc1. The molecule has 0 aromatic heterocycles. The van der Waals surface area contributed by atoms with Crippen molar-refractivity contribution in [2.45, 2.75) is 30.8 Å². The predicted molar refractivity (Wildman–Crippen MR) is 115 cm³/mol. The van der Waals surface area contributed by atoms with Gasteiger partial charge in [-0.15, -0.1) is 0 Å². The first-order valence-electron chi connectivity index (χ1n) is 10.0. The highest BCUT2D eigenvalue weighted by Crippen LogP contribution is 2.26. The number of rotatable bonds is 8. The maximum atomic E-state index is 13.3. The molecule has 0 unspecified atom stereocenters. The minimum atomic E-state index is -3.80. The van der Waals surface area contributed by atoms with Crippen LogP contribution < -0.4 is 9.04 Å². The standard InChI is InChI=1S/C22H30N2O4S/c1-18-12-14-23(15-13-18)16-20(25)17-24(19-8-10-21(28-2)11-9-19)29(26,27)22-6-4-3-5-7-22/h3-11,18,20,25H,12-17H2,1-2H3/t20-/m1/s1. The van der Waals surface area contributed by atoms with E-state index >= 15 is 0 Å². The van der Waals surface area contributed by atoms with Crippen LogP contribution in [0.15, 0.2) is 59.5 Å². The van der Waals surface area contributed by atoms with Crippen LogP contribution in [-0.4, -0.2) is 57.8 Å². The molecule has 0 saturated carbocycles. The van der Waals surface area contributed by atoms with Crippen LogP contribution in [0.3, 0.4) is 0 Å². The smallest absolute Gasteiger partial charge is 0.264 e. The van der Waals surface area contributed by atoms with Gasteiger partial charge >= 0.3 is 0 Å². The number of likely N-dealkylation sites (tertiary alicyclic amines) is 1. The van der Waals surface area contributed by atoms with Crippen molar-refractivity contribution < 1.29 is 18.3 Å². The fourth-order valence-electron chi connectivity index (χ4n) is 3.60. The van der Waals surface area contributed by atoms with Gasteiger partial charge in [0.25, 0.3) is 10.0 Å². The van der Waals surface area contributed by atoms with E-state index in [2.05, 4.69) is 11.8 Å². The highest BCUT2D eigenvalue weighted by atomic mass is 32.2. The van der Waals surface area contributed by atoms with Gasteiger partial charge in [-0.25, -0.2) is 8.42 Å². The summed E-state index contributed by atoms with van der Waals surface area (Å²) in [5.41, 5.74) is 0.501. The van der Waals surface area contributed by atoms with E-state index in [1.165, 1.54) is 4.31 Å². The van der Waals surface area contributed by atoms with Crippen molar-refractivity contribution in [1.82, 2.24) is 4.90 Å². The molecular formula is C22H30N2O4S. The normalized spacial score (nSPS) is 17.1. The monoisotopic (exact) mass is 418 g/mol. The van der Waals surface area contributed by atoms with Crippen molar-refractivity contribution in [3.63, 3.8) is 0 Å². The Hall–Kier alpha value is -2.09. The molecule has 1 atom stereocenters. The lowest BCUT2D eigenvalue weighted by Crippen LogP contribution is -2.44. The molecule has 1 N–H and O–H groups in total. The Kier molecular flexibility index (Phi) is 7.16. The summed E-state index contributed by atoms with van der Waals surface area (Å²) >= 11 is 0. The summed E-state index contributed by atoms with van der Waals surface area (Å²) in [6.07, 6.45) is 1.43. The van der Waals surface area contributed by atoms with Crippen LogP contribution >= 0.6 is 0 Å². The van der Waals surface area contributed by atoms with E-state index in [1.807, 2.05) is 0 Å². The lowest BCUT2D eigenvalue weighted by Gasteiger charge is -2.33. The number of nitrogens with zero attached hydrogens (tertiary/aromatic N) is 2. The lowest BCUT2D eigenvalue weighted by atomic mass is 9.99. The highest BCUT2D eigenvalue weighted by Gasteiger charge is 2.28. The third-order valence-electron chi connectivity index (χ3n) is 5.41. The molecule has 1 aliphatic rings. The number of aliphatic hydroxyl groups is 1. The minimum absolute atomic E-state index is 0.00436. The number of ether oxygens (including phenoxy) is 1. The first-order chi connectivity index (χ1) is 13.9. The Morgan fingerprint density at radius 1 is 1.10 bits per heavy atom. The quantitative estimate of drug-likeness (QED) is 0.714. The number of β-amino-alcohol motifs (C(OH)–C–C–N with tert-alkyl or cyclic N) is 1. The van der Waals surface area contributed by atoms with Gasteiger partial charge in [0.05, 0.1) is 30.3 Å². The maximum Gasteiger partial charge on any atom is 0.264 e. The average Bonchev–Trinajstić information content (AvgIpc) is 2.74. The summed E-state index contributed by atoms with van der Waals surface area (Å²) < 4.78 is 33.1. The topological polar surface area (TPSA) is 70.1 Å². The molecule has 0 aliphatic carbocycles. The fourth-order valence-corrected chi connectivity index (χ4v) is 5.13. The van der Waals surface area contributed by atoms with Crippen molar-refractivity contribution in [2.75, 3.05) is 37.6 Å². The Balaban J connectivity index is 1.82. The number of hydrogen-bond acceptors (Lipinski definition) is 5. The molecule has 7 heteroatoms. The zero-order valence-corrected chi connectivity index (χ0v) is 17.9. The zero-order valence-electron chi connectivity index (χ0n) is 17.1. The Bertz CT molecular complexity index is 863. The van der Waals surface area contributed by atoms with Gasteiger partial charge in [0.2, 0.25) is 0 Å². The van der Waals surface area contributed by atoms with Gasteiger partial charge in [0.1, 0.15) is 5.75 Å². The van der Waals surface area contributed by atoms with E-state index in [4.69, 9.17) is 4.74 Å². The van der Waals surface area contributed by atoms with E-state index in [0.717, 1.165) is 25.9 Å². The van der Waals surface area contributed by atoms with Crippen molar-refractivity contribution >= 4 is 15.7 Å². The van der Waals surface area contributed by atoms with Gasteiger partial charge < -0.3 is 14.7 Å². The second-order valence-electron chi connectivity index (χ2n) is 7.68. The summed E-state index contributed by atoms with van der Waals surface area (Å²) in [7, 11) is -2.24. The molecule has 29 heavy (non-hydrogen) atoms. The van der Waals surface area contributed by atoms with Crippen molar-refractivity contribution in [3.8, 4) is 5.75 Å². The van der Waals surface area contributed by atoms with E-state index < -0.39 is 16.1 Å². The van der Waals surface area contributed by atoms with Crippen molar-refractivity contribution in [1.29, 1.82) is 0 Å². The van der Waals surface area contributed by atoms with Gasteiger partial charge in [-0.2, -0.15) is 0 Å². The van der Waals surface area contributed by atoms with Crippen LogP contribution in [0.2, 0.25) is 0 Å². The molecule has 1 fully saturated rings.